The highest BCUT2D eigenvalue weighted by Crippen LogP contribution is 2.37. The molecule has 6 nitrogen and oxygen atoms in total. The lowest BCUT2D eigenvalue weighted by molar-refractivity contribution is -0.122. The Hall–Kier alpha value is -3.02. The van der Waals surface area contributed by atoms with Crippen LogP contribution in [0, 0.1) is 0 Å². The largest absolute Gasteiger partial charge is 0.477 e. The van der Waals surface area contributed by atoms with Gasteiger partial charge >= 0.3 is 6.03 Å². The van der Waals surface area contributed by atoms with Crippen molar-refractivity contribution >= 4 is 23.3 Å². The molecule has 27 heavy (non-hydrogen) atoms. The first kappa shape index (κ1) is 17.4. The Bertz CT molecular complexity index is 853. The number of nitrogens with one attached hydrogen (secondary N) is 3. The number of ether oxygens (including phenoxy) is 1. The fourth-order valence-electron chi connectivity index (χ4n) is 3.81. The van der Waals surface area contributed by atoms with Crippen molar-refractivity contribution in [3.8, 4) is 5.75 Å². The molecule has 0 aromatic heterocycles. The Morgan fingerprint density at radius 2 is 1.93 bits per heavy atom. The zero-order chi connectivity index (χ0) is 18.8. The second kappa shape index (κ2) is 7.31. The van der Waals surface area contributed by atoms with Crippen LogP contribution in [0.1, 0.15) is 37.7 Å². The highest BCUT2D eigenvalue weighted by Gasteiger charge is 2.28. The standard InChI is InChI=1S/C21H23N3O3/c1-13-20(25)23-17-8-5-9-18(19(17)27-13)24-21(26)22-16-11-10-15(12-16)14-6-3-2-4-7-14/h2-9,13,15-16H,10-12H2,1H3,(H,23,25)(H2,22,24,26)/t13-,15-,16-/m1/s1. The van der Waals surface area contributed by atoms with Gasteiger partial charge in [0.1, 0.15) is 0 Å². The maximum absolute atomic E-state index is 12.5. The van der Waals surface area contributed by atoms with Crippen LogP contribution < -0.4 is 20.7 Å². The number of para-hydroxylation sites is 1. The molecule has 2 aliphatic rings. The van der Waals surface area contributed by atoms with Gasteiger partial charge < -0.3 is 20.7 Å². The zero-order valence-electron chi connectivity index (χ0n) is 15.2. The van der Waals surface area contributed by atoms with E-state index in [0.717, 1.165) is 19.3 Å². The van der Waals surface area contributed by atoms with Crippen LogP contribution in [0.25, 0.3) is 0 Å². The lowest BCUT2D eigenvalue weighted by Crippen LogP contribution is -2.37. The summed E-state index contributed by atoms with van der Waals surface area (Å²) in [5, 5.41) is 8.71. The molecule has 1 aliphatic carbocycles. The van der Waals surface area contributed by atoms with E-state index in [1.807, 2.05) is 6.07 Å². The average Bonchev–Trinajstić information content (AvgIpc) is 3.12. The first-order valence-corrected chi connectivity index (χ1v) is 9.33. The van der Waals surface area contributed by atoms with Crippen molar-refractivity contribution in [2.45, 2.75) is 44.2 Å². The smallest absolute Gasteiger partial charge is 0.319 e. The van der Waals surface area contributed by atoms with Crippen molar-refractivity contribution in [1.29, 1.82) is 0 Å². The average molecular weight is 365 g/mol. The molecule has 2 aromatic rings. The fourth-order valence-corrected chi connectivity index (χ4v) is 3.81. The van der Waals surface area contributed by atoms with Gasteiger partial charge in [-0.1, -0.05) is 36.4 Å². The second-order valence-electron chi connectivity index (χ2n) is 7.15. The van der Waals surface area contributed by atoms with Crippen LogP contribution in [0.15, 0.2) is 48.5 Å². The highest BCUT2D eigenvalue weighted by molar-refractivity contribution is 6.01. The topological polar surface area (TPSA) is 79.5 Å². The van der Waals surface area contributed by atoms with E-state index in [1.54, 1.807) is 25.1 Å². The van der Waals surface area contributed by atoms with Gasteiger partial charge in [0.2, 0.25) is 0 Å². The van der Waals surface area contributed by atoms with E-state index in [9.17, 15) is 9.59 Å². The number of hydrogen-bond acceptors (Lipinski definition) is 3. The number of fused-ring (bicyclic) bond motifs is 1. The number of rotatable bonds is 3. The highest BCUT2D eigenvalue weighted by atomic mass is 16.5. The van der Waals surface area contributed by atoms with Crippen LogP contribution >= 0.6 is 0 Å². The fraction of sp³-hybridized carbons (Fsp3) is 0.333. The van der Waals surface area contributed by atoms with Crippen LogP contribution in [0.2, 0.25) is 0 Å². The molecule has 1 fully saturated rings. The summed E-state index contributed by atoms with van der Waals surface area (Å²) in [5.41, 5.74) is 2.45. The molecule has 0 bridgehead atoms. The third-order valence-corrected chi connectivity index (χ3v) is 5.22. The molecule has 2 aromatic carbocycles. The van der Waals surface area contributed by atoms with Crippen molar-refractivity contribution in [2.24, 2.45) is 0 Å². The molecule has 3 amide bonds. The molecule has 3 atom stereocenters. The summed E-state index contributed by atoms with van der Waals surface area (Å²) in [6.45, 7) is 1.68. The molecule has 6 heteroatoms. The molecule has 140 valence electrons. The normalized spacial score (nSPS) is 23.7. The Morgan fingerprint density at radius 3 is 2.74 bits per heavy atom. The van der Waals surface area contributed by atoms with Crippen LogP contribution in [0.4, 0.5) is 16.2 Å². The Morgan fingerprint density at radius 1 is 1.11 bits per heavy atom. The molecular formula is C21H23N3O3. The molecule has 3 N–H and O–H groups in total. The first-order valence-electron chi connectivity index (χ1n) is 9.33. The van der Waals surface area contributed by atoms with E-state index in [2.05, 4.69) is 40.2 Å². The Labute approximate surface area is 158 Å². The van der Waals surface area contributed by atoms with Gasteiger partial charge in [0.15, 0.2) is 11.9 Å². The number of hydrogen-bond donors (Lipinski definition) is 3. The predicted octanol–water partition coefficient (Wildman–Crippen LogP) is 3.86. The summed E-state index contributed by atoms with van der Waals surface area (Å²) in [7, 11) is 0. The first-order chi connectivity index (χ1) is 13.1. The number of amides is 3. The summed E-state index contributed by atoms with van der Waals surface area (Å²) >= 11 is 0. The molecule has 1 aliphatic heterocycles. The maximum Gasteiger partial charge on any atom is 0.319 e. The molecule has 0 spiro atoms. The van der Waals surface area contributed by atoms with E-state index < -0.39 is 6.10 Å². The van der Waals surface area contributed by atoms with Gasteiger partial charge in [-0.25, -0.2) is 4.79 Å². The van der Waals surface area contributed by atoms with Crippen LogP contribution in [-0.4, -0.2) is 24.1 Å². The summed E-state index contributed by atoms with van der Waals surface area (Å²) in [6, 6.07) is 15.6. The number of carbonyl (C=O) groups is 2. The van der Waals surface area contributed by atoms with Gasteiger partial charge in [-0.2, -0.15) is 0 Å². The van der Waals surface area contributed by atoms with Crippen molar-refractivity contribution in [3.05, 3.63) is 54.1 Å². The Kier molecular flexibility index (Phi) is 4.71. The van der Waals surface area contributed by atoms with Gasteiger partial charge in [0.05, 0.1) is 11.4 Å². The van der Waals surface area contributed by atoms with E-state index in [0.29, 0.717) is 23.0 Å². The van der Waals surface area contributed by atoms with E-state index in [-0.39, 0.29) is 18.0 Å². The van der Waals surface area contributed by atoms with Crippen molar-refractivity contribution in [1.82, 2.24) is 5.32 Å². The molecule has 4 rings (SSSR count). The third kappa shape index (κ3) is 3.74. The zero-order valence-corrected chi connectivity index (χ0v) is 15.2. The van der Waals surface area contributed by atoms with Crippen molar-refractivity contribution in [2.75, 3.05) is 10.6 Å². The molecular weight excluding hydrogens is 342 g/mol. The van der Waals surface area contributed by atoms with Gasteiger partial charge in [-0.05, 0) is 49.8 Å². The quantitative estimate of drug-likeness (QED) is 0.773. The second-order valence-corrected chi connectivity index (χ2v) is 7.15. The summed E-state index contributed by atoms with van der Waals surface area (Å²) in [6.07, 6.45) is 2.38. The molecule has 1 heterocycles. The predicted molar refractivity (Wildman–Crippen MR) is 104 cm³/mol. The van der Waals surface area contributed by atoms with E-state index in [1.165, 1.54) is 5.56 Å². The van der Waals surface area contributed by atoms with Crippen LogP contribution in [-0.2, 0) is 4.79 Å². The maximum atomic E-state index is 12.5. The molecule has 0 unspecified atom stereocenters. The molecule has 0 saturated heterocycles. The summed E-state index contributed by atoms with van der Waals surface area (Å²) in [4.78, 5) is 24.2. The number of anilines is 2. The molecule has 1 saturated carbocycles. The third-order valence-electron chi connectivity index (χ3n) is 5.22. The Balaban J connectivity index is 1.38. The van der Waals surface area contributed by atoms with E-state index >= 15 is 0 Å². The number of urea groups is 1. The monoisotopic (exact) mass is 365 g/mol. The minimum absolute atomic E-state index is 0.147. The lowest BCUT2D eigenvalue weighted by Gasteiger charge is -2.25. The van der Waals surface area contributed by atoms with Gasteiger partial charge in [0.25, 0.3) is 5.91 Å². The van der Waals surface area contributed by atoms with Gasteiger partial charge in [-0.3, -0.25) is 4.79 Å². The number of carbonyl (C=O) groups excluding carboxylic acids is 2. The minimum Gasteiger partial charge on any atom is -0.477 e. The van der Waals surface area contributed by atoms with Crippen LogP contribution in [0.5, 0.6) is 5.75 Å². The van der Waals surface area contributed by atoms with Crippen molar-refractivity contribution < 1.29 is 14.3 Å². The summed E-state index contributed by atoms with van der Waals surface area (Å²) < 4.78 is 5.67. The van der Waals surface area contributed by atoms with Crippen LogP contribution in [0.3, 0.4) is 0 Å². The SMILES string of the molecule is C[C@H]1Oc2c(NC(=O)N[C@@H]3CC[C@@H](c4ccccc4)C3)cccc2NC1=O. The van der Waals surface area contributed by atoms with Gasteiger partial charge in [0, 0.05) is 6.04 Å². The lowest BCUT2D eigenvalue weighted by atomic mass is 9.98. The van der Waals surface area contributed by atoms with E-state index in [4.69, 9.17) is 4.74 Å². The summed E-state index contributed by atoms with van der Waals surface area (Å²) in [5.74, 6) is 0.788. The number of benzene rings is 2. The minimum atomic E-state index is -0.593. The molecule has 0 radical (unpaired) electrons. The van der Waals surface area contributed by atoms with Gasteiger partial charge in [-0.15, -0.1) is 0 Å². The van der Waals surface area contributed by atoms with Crippen molar-refractivity contribution in [3.63, 3.8) is 0 Å².